The van der Waals surface area contributed by atoms with Crippen LogP contribution < -0.4 is 16.0 Å². The molecule has 5 nitrogen and oxygen atoms in total. The molecule has 0 unspecified atom stereocenters. The van der Waals surface area contributed by atoms with E-state index in [0.717, 1.165) is 37.1 Å². The Bertz CT molecular complexity index is 475. The summed E-state index contributed by atoms with van der Waals surface area (Å²) in [5.74, 6) is 0.00198. The second-order valence-corrected chi connectivity index (χ2v) is 5.29. The first-order chi connectivity index (χ1) is 10.7. The number of hydrogen-bond acceptors (Lipinski definition) is 3. The SMILES string of the molecule is CCCCCC(=O)Nc1cccc(NCC(=O)NCCC)c1. The molecule has 0 bridgehead atoms. The Morgan fingerprint density at radius 2 is 1.77 bits per heavy atom. The van der Waals surface area contributed by atoms with E-state index >= 15 is 0 Å². The van der Waals surface area contributed by atoms with E-state index in [9.17, 15) is 9.59 Å². The van der Waals surface area contributed by atoms with E-state index in [1.807, 2.05) is 31.2 Å². The minimum atomic E-state index is -0.0316. The molecule has 0 spiro atoms. The average Bonchev–Trinajstić information content (AvgIpc) is 2.51. The van der Waals surface area contributed by atoms with Crippen molar-refractivity contribution in [1.82, 2.24) is 5.32 Å². The van der Waals surface area contributed by atoms with E-state index in [2.05, 4.69) is 22.9 Å². The maximum absolute atomic E-state index is 11.8. The fourth-order valence-electron chi connectivity index (χ4n) is 1.98. The molecule has 2 amide bonds. The van der Waals surface area contributed by atoms with Gasteiger partial charge in [-0.15, -0.1) is 0 Å². The van der Waals surface area contributed by atoms with Gasteiger partial charge in [-0.1, -0.05) is 32.8 Å². The van der Waals surface area contributed by atoms with E-state index in [1.54, 1.807) is 0 Å². The summed E-state index contributed by atoms with van der Waals surface area (Å²) < 4.78 is 0. The van der Waals surface area contributed by atoms with Crippen LogP contribution >= 0.6 is 0 Å². The zero-order valence-electron chi connectivity index (χ0n) is 13.6. The fraction of sp³-hybridized carbons (Fsp3) is 0.529. The van der Waals surface area contributed by atoms with Gasteiger partial charge in [0.05, 0.1) is 6.54 Å². The van der Waals surface area contributed by atoms with E-state index in [4.69, 9.17) is 0 Å². The number of nitrogens with one attached hydrogen (secondary N) is 3. The summed E-state index contributed by atoms with van der Waals surface area (Å²) in [6, 6.07) is 7.42. The molecule has 1 aromatic rings. The number of carbonyl (C=O) groups is 2. The number of anilines is 2. The van der Waals surface area contributed by atoms with Crippen LogP contribution in [-0.2, 0) is 9.59 Å². The highest BCUT2D eigenvalue weighted by molar-refractivity contribution is 5.91. The molecule has 0 aliphatic heterocycles. The third-order valence-electron chi connectivity index (χ3n) is 3.18. The van der Waals surface area contributed by atoms with Crippen molar-refractivity contribution in [2.24, 2.45) is 0 Å². The average molecular weight is 305 g/mol. The van der Waals surface area contributed by atoms with Gasteiger partial charge in [0.15, 0.2) is 0 Å². The summed E-state index contributed by atoms with van der Waals surface area (Å²) in [4.78, 5) is 23.3. The molecule has 22 heavy (non-hydrogen) atoms. The van der Waals surface area contributed by atoms with Gasteiger partial charge in [-0.05, 0) is 31.0 Å². The molecule has 0 atom stereocenters. The van der Waals surface area contributed by atoms with E-state index in [0.29, 0.717) is 13.0 Å². The molecule has 0 saturated carbocycles. The van der Waals surface area contributed by atoms with Crippen molar-refractivity contribution in [2.75, 3.05) is 23.7 Å². The Labute approximate surface area is 132 Å². The zero-order chi connectivity index (χ0) is 16.2. The normalized spacial score (nSPS) is 10.1. The second kappa shape index (κ2) is 10.7. The lowest BCUT2D eigenvalue weighted by molar-refractivity contribution is -0.119. The Hall–Kier alpha value is -2.04. The molecular weight excluding hydrogens is 278 g/mol. The smallest absolute Gasteiger partial charge is 0.239 e. The van der Waals surface area contributed by atoms with Crippen molar-refractivity contribution in [3.63, 3.8) is 0 Å². The van der Waals surface area contributed by atoms with Crippen LogP contribution in [0.25, 0.3) is 0 Å². The molecule has 1 aromatic carbocycles. The highest BCUT2D eigenvalue weighted by atomic mass is 16.2. The quantitative estimate of drug-likeness (QED) is 0.582. The van der Waals surface area contributed by atoms with E-state index in [-0.39, 0.29) is 18.4 Å². The van der Waals surface area contributed by atoms with Crippen LogP contribution in [0, 0.1) is 0 Å². The molecule has 0 fully saturated rings. The molecule has 1 rings (SSSR count). The highest BCUT2D eigenvalue weighted by Crippen LogP contribution is 2.15. The summed E-state index contributed by atoms with van der Waals surface area (Å²) >= 11 is 0. The van der Waals surface area contributed by atoms with Crippen LogP contribution in [0.1, 0.15) is 46.0 Å². The van der Waals surface area contributed by atoms with Gasteiger partial charge in [-0.3, -0.25) is 9.59 Å². The number of benzene rings is 1. The minimum absolute atomic E-state index is 0.0316. The maximum atomic E-state index is 11.8. The predicted molar refractivity (Wildman–Crippen MR) is 91.0 cm³/mol. The van der Waals surface area contributed by atoms with Gasteiger partial charge in [-0.25, -0.2) is 0 Å². The summed E-state index contributed by atoms with van der Waals surface area (Å²) in [5.41, 5.74) is 1.57. The fourth-order valence-corrected chi connectivity index (χ4v) is 1.98. The highest BCUT2D eigenvalue weighted by Gasteiger charge is 2.04. The largest absolute Gasteiger partial charge is 0.376 e. The molecule has 0 aliphatic rings. The first kappa shape index (κ1) is 18.0. The first-order valence-corrected chi connectivity index (χ1v) is 8.06. The molecule has 5 heteroatoms. The first-order valence-electron chi connectivity index (χ1n) is 8.06. The monoisotopic (exact) mass is 305 g/mol. The third-order valence-corrected chi connectivity index (χ3v) is 3.18. The molecule has 3 N–H and O–H groups in total. The van der Waals surface area contributed by atoms with Crippen LogP contribution in [0.4, 0.5) is 11.4 Å². The van der Waals surface area contributed by atoms with Gasteiger partial charge >= 0.3 is 0 Å². The summed E-state index contributed by atoms with van der Waals surface area (Å²) in [6.45, 7) is 5.05. The van der Waals surface area contributed by atoms with Gasteiger partial charge in [0.25, 0.3) is 0 Å². The summed E-state index contributed by atoms with van der Waals surface area (Å²) in [5, 5.41) is 8.75. The minimum Gasteiger partial charge on any atom is -0.376 e. The van der Waals surface area contributed by atoms with Crippen LogP contribution in [0.15, 0.2) is 24.3 Å². The third kappa shape index (κ3) is 7.67. The molecule has 122 valence electrons. The van der Waals surface area contributed by atoms with Crippen LogP contribution in [0.5, 0.6) is 0 Å². The van der Waals surface area contributed by atoms with Gasteiger partial charge in [0.1, 0.15) is 0 Å². The summed E-state index contributed by atoms with van der Waals surface area (Å²) in [7, 11) is 0. The van der Waals surface area contributed by atoms with Crippen molar-refractivity contribution in [2.45, 2.75) is 46.0 Å². The standard InChI is InChI=1S/C17H27N3O2/c1-3-5-6-10-16(21)20-15-9-7-8-14(12-15)19-13-17(22)18-11-4-2/h7-9,12,19H,3-6,10-11,13H2,1-2H3,(H,18,22)(H,20,21). The van der Waals surface area contributed by atoms with Crippen LogP contribution in [-0.4, -0.2) is 24.9 Å². The maximum Gasteiger partial charge on any atom is 0.239 e. The van der Waals surface area contributed by atoms with Crippen molar-refractivity contribution < 1.29 is 9.59 Å². The summed E-state index contributed by atoms with van der Waals surface area (Å²) in [6.07, 6.45) is 4.56. The molecule has 0 heterocycles. The van der Waals surface area contributed by atoms with Crippen molar-refractivity contribution in [3.05, 3.63) is 24.3 Å². The molecule has 0 radical (unpaired) electrons. The molecule has 0 aliphatic carbocycles. The van der Waals surface area contributed by atoms with E-state index in [1.165, 1.54) is 0 Å². The predicted octanol–water partition coefficient (Wildman–Crippen LogP) is 3.14. The Morgan fingerprint density at radius 3 is 2.50 bits per heavy atom. The van der Waals surface area contributed by atoms with Gasteiger partial charge in [-0.2, -0.15) is 0 Å². The number of carbonyl (C=O) groups excluding carboxylic acids is 2. The molecule has 0 aromatic heterocycles. The van der Waals surface area contributed by atoms with Gasteiger partial charge < -0.3 is 16.0 Å². The molecular formula is C17H27N3O2. The number of unbranched alkanes of at least 4 members (excludes halogenated alkanes) is 2. The Balaban J connectivity index is 2.41. The Morgan fingerprint density at radius 1 is 1.00 bits per heavy atom. The second-order valence-electron chi connectivity index (χ2n) is 5.29. The topological polar surface area (TPSA) is 70.2 Å². The Kier molecular flexibility index (Phi) is 8.72. The van der Waals surface area contributed by atoms with Gasteiger partial charge in [0.2, 0.25) is 11.8 Å². The lowest BCUT2D eigenvalue weighted by Crippen LogP contribution is -2.30. The lowest BCUT2D eigenvalue weighted by atomic mass is 10.2. The van der Waals surface area contributed by atoms with E-state index < -0.39 is 0 Å². The van der Waals surface area contributed by atoms with Gasteiger partial charge in [0, 0.05) is 24.3 Å². The molecule has 0 saturated heterocycles. The van der Waals surface area contributed by atoms with Crippen molar-refractivity contribution in [3.8, 4) is 0 Å². The van der Waals surface area contributed by atoms with Crippen molar-refractivity contribution >= 4 is 23.2 Å². The number of amides is 2. The van der Waals surface area contributed by atoms with Crippen molar-refractivity contribution in [1.29, 1.82) is 0 Å². The number of hydrogen-bond donors (Lipinski definition) is 3. The zero-order valence-corrected chi connectivity index (χ0v) is 13.6. The number of rotatable bonds is 10. The van der Waals surface area contributed by atoms with Crippen LogP contribution in [0.3, 0.4) is 0 Å². The van der Waals surface area contributed by atoms with Crippen LogP contribution in [0.2, 0.25) is 0 Å². The lowest BCUT2D eigenvalue weighted by Gasteiger charge is -2.10.